The molecule has 0 spiro atoms. The van der Waals surface area contributed by atoms with E-state index in [2.05, 4.69) is 64.5 Å². The molecule has 2 N–H and O–H groups in total. The molecule has 2 heterocycles. The van der Waals surface area contributed by atoms with Crippen LogP contribution in [0.15, 0.2) is 46.9 Å². The average molecular weight is 322 g/mol. The van der Waals surface area contributed by atoms with E-state index in [1.54, 1.807) is 0 Å². The molecule has 24 heavy (non-hydrogen) atoms. The monoisotopic (exact) mass is 322 g/mol. The molecule has 0 radical (unpaired) electrons. The first-order valence-electron chi connectivity index (χ1n) is 8.52. The van der Waals surface area contributed by atoms with Crippen LogP contribution in [0.2, 0.25) is 0 Å². The van der Waals surface area contributed by atoms with Crippen LogP contribution < -0.4 is 5.73 Å². The SMILES string of the molecule is CC(c1ccc2ccccc2c1)N1CCC(c2nnc(N)o2)CC1. The maximum Gasteiger partial charge on any atom is 0.312 e. The molecular formula is C19H22N4O. The van der Waals surface area contributed by atoms with E-state index in [9.17, 15) is 0 Å². The molecule has 1 aliphatic heterocycles. The van der Waals surface area contributed by atoms with Crippen molar-refractivity contribution in [1.29, 1.82) is 0 Å². The highest BCUT2D eigenvalue weighted by molar-refractivity contribution is 5.83. The largest absolute Gasteiger partial charge is 0.408 e. The summed E-state index contributed by atoms with van der Waals surface area (Å²) in [7, 11) is 0. The maximum atomic E-state index is 5.53. The van der Waals surface area contributed by atoms with Crippen LogP contribution in [0.5, 0.6) is 0 Å². The first kappa shape index (κ1) is 15.1. The molecule has 2 aromatic carbocycles. The Morgan fingerprint density at radius 1 is 1.08 bits per heavy atom. The van der Waals surface area contributed by atoms with E-state index in [1.165, 1.54) is 16.3 Å². The number of aromatic nitrogens is 2. The van der Waals surface area contributed by atoms with E-state index in [1.807, 2.05) is 0 Å². The number of benzene rings is 2. The molecule has 1 saturated heterocycles. The van der Waals surface area contributed by atoms with Crippen molar-refractivity contribution >= 4 is 16.8 Å². The summed E-state index contributed by atoms with van der Waals surface area (Å²) >= 11 is 0. The van der Waals surface area contributed by atoms with Crippen molar-refractivity contribution in [3.05, 3.63) is 53.9 Å². The van der Waals surface area contributed by atoms with Crippen LogP contribution >= 0.6 is 0 Å². The fraction of sp³-hybridized carbons (Fsp3) is 0.368. The Labute approximate surface area is 141 Å². The smallest absolute Gasteiger partial charge is 0.312 e. The lowest BCUT2D eigenvalue weighted by atomic mass is 9.94. The summed E-state index contributed by atoms with van der Waals surface area (Å²) in [5.74, 6) is 1.01. The number of nitrogens with zero attached hydrogens (tertiary/aromatic N) is 3. The van der Waals surface area contributed by atoms with Gasteiger partial charge in [0.1, 0.15) is 0 Å². The van der Waals surface area contributed by atoms with Crippen LogP contribution in [0.4, 0.5) is 6.01 Å². The number of likely N-dealkylation sites (tertiary alicyclic amines) is 1. The molecule has 0 amide bonds. The molecule has 1 aromatic heterocycles. The zero-order valence-corrected chi connectivity index (χ0v) is 13.9. The Hall–Kier alpha value is -2.40. The molecule has 0 saturated carbocycles. The van der Waals surface area contributed by atoms with Crippen molar-refractivity contribution in [3.8, 4) is 0 Å². The minimum absolute atomic E-state index is 0.164. The van der Waals surface area contributed by atoms with Gasteiger partial charge < -0.3 is 10.2 Å². The number of nitrogen functional groups attached to an aromatic ring is 1. The predicted molar refractivity (Wildman–Crippen MR) is 94.6 cm³/mol. The summed E-state index contributed by atoms with van der Waals surface area (Å²) < 4.78 is 5.39. The Bertz CT molecular complexity index is 836. The van der Waals surface area contributed by atoms with E-state index in [4.69, 9.17) is 10.2 Å². The third kappa shape index (κ3) is 2.87. The van der Waals surface area contributed by atoms with Crippen molar-refractivity contribution < 1.29 is 4.42 Å². The fourth-order valence-corrected chi connectivity index (χ4v) is 3.62. The lowest BCUT2D eigenvalue weighted by molar-refractivity contribution is 0.154. The van der Waals surface area contributed by atoms with Crippen LogP contribution in [0.25, 0.3) is 10.8 Å². The maximum absolute atomic E-state index is 5.53. The summed E-state index contributed by atoms with van der Waals surface area (Å²) in [5, 5.41) is 10.4. The van der Waals surface area contributed by atoms with E-state index in [-0.39, 0.29) is 6.01 Å². The summed E-state index contributed by atoms with van der Waals surface area (Å²) in [6.07, 6.45) is 2.05. The number of piperidine rings is 1. The summed E-state index contributed by atoms with van der Waals surface area (Å²) in [6, 6.07) is 15.9. The van der Waals surface area contributed by atoms with Gasteiger partial charge in [0.05, 0.1) is 0 Å². The Morgan fingerprint density at radius 3 is 2.54 bits per heavy atom. The number of nitrogens with two attached hydrogens (primary N) is 1. The van der Waals surface area contributed by atoms with Gasteiger partial charge in [0, 0.05) is 12.0 Å². The molecule has 124 valence electrons. The minimum Gasteiger partial charge on any atom is -0.408 e. The molecule has 3 aromatic rings. The lowest BCUT2D eigenvalue weighted by Gasteiger charge is -2.35. The molecule has 1 aliphatic rings. The molecule has 0 bridgehead atoms. The highest BCUT2D eigenvalue weighted by Gasteiger charge is 2.27. The minimum atomic E-state index is 0.164. The summed E-state index contributed by atoms with van der Waals surface area (Å²) in [5.41, 5.74) is 6.90. The number of anilines is 1. The van der Waals surface area contributed by atoms with Crippen LogP contribution in [0, 0.1) is 0 Å². The fourth-order valence-electron chi connectivity index (χ4n) is 3.62. The second-order valence-electron chi connectivity index (χ2n) is 6.57. The van der Waals surface area contributed by atoms with Crippen LogP contribution in [-0.4, -0.2) is 28.2 Å². The number of rotatable bonds is 3. The van der Waals surface area contributed by atoms with Crippen LogP contribution in [0.1, 0.15) is 43.2 Å². The van der Waals surface area contributed by atoms with Gasteiger partial charge in [-0.05, 0) is 55.3 Å². The predicted octanol–water partition coefficient (Wildman–Crippen LogP) is 3.75. The first-order chi connectivity index (χ1) is 11.7. The van der Waals surface area contributed by atoms with Crippen molar-refractivity contribution in [3.63, 3.8) is 0 Å². The molecule has 5 nitrogen and oxygen atoms in total. The summed E-state index contributed by atoms with van der Waals surface area (Å²) in [4.78, 5) is 2.53. The summed E-state index contributed by atoms with van der Waals surface area (Å²) in [6.45, 7) is 4.34. The topological polar surface area (TPSA) is 68.2 Å². The van der Waals surface area contributed by atoms with Gasteiger partial charge in [-0.3, -0.25) is 4.90 Å². The van der Waals surface area contributed by atoms with Crippen molar-refractivity contribution in [2.24, 2.45) is 0 Å². The highest BCUT2D eigenvalue weighted by Crippen LogP contribution is 2.32. The van der Waals surface area contributed by atoms with Crippen molar-refractivity contribution in [2.75, 3.05) is 18.8 Å². The molecule has 1 atom stereocenters. The second kappa shape index (κ2) is 6.24. The van der Waals surface area contributed by atoms with Gasteiger partial charge in [-0.2, -0.15) is 0 Å². The number of fused-ring (bicyclic) bond motifs is 1. The number of hydrogen-bond acceptors (Lipinski definition) is 5. The molecule has 5 heteroatoms. The Balaban J connectivity index is 1.46. The van der Waals surface area contributed by atoms with Gasteiger partial charge in [0.15, 0.2) is 0 Å². The normalized spacial score (nSPS) is 18.0. The second-order valence-corrected chi connectivity index (χ2v) is 6.57. The van der Waals surface area contributed by atoms with E-state index >= 15 is 0 Å². The van der Waals surface area contributed by atoms with Gasteiger partial charge in [-0.1, -0.05) is 41.5 Å². The van der Waals surface area contributed by atoms with Crippen molar-refractivity contribution in [2.45, 2.75) is 31.7 Å². The third-order valence-corrected chi connectivity index (χ3v) is 5.14. The standard InChI is InChI=1S/C19H22N4O/c1-13(16-7-6-14-4-2-3-5-17(14)12-16)23-10-8-15(9-11-23)18-21-22-19(20)24-18/h2-7,12-13,15H,8-11H2,1H3,(H2,20,22). The quantitative estimate of drug-likeness (QED) is 0.795. The zero-order chi connectivity index (χ0) is 16.5. The Morgan fingerprint density at radius 2 is 1.83 bits per heavy atom. The van der Waals surface area contributed by atoms with Gasteiger partial charge in [-0.15, -0.1) is 5.10 Å². The molecule has 0 aliphatic carbocycles. The van der Waals surface area contributed by atoms with Gasteiger partial charge in [0.25, 0.3) is 0 Å². The molecule has 4 rings (SSSR count). The molecular weight excluding hydrogens is 300 g/mol. The van der Waals surface area contributed by atoms with E-state index < -0.39 is 0 Å². The van der Waals surface area contributed by atoms with E-state index in [0.717, 1.165) is 25.9 Å². The molecule has 1 fully saturated rings. The lowest BCUT2D eigenvalue weighted by Crippen LogP contribution is -2.35. The van der Waals surface area contributed by atoms with Gasteiger partial charge in [0.2, 0.25) is 5.89 Å². The molecule has 1 unspecified atom stereocenters. The zero-order valence-electron chi connectivity index (χ0n) is 13.9. The van der Waals surface area contributed by atoms with E-state index in [0.29, 0.717) is 17.9 Å². The number of hydrogen-bond donors (Lipinski definition) is 1. The van der Waals surface area contributed by atoms with Gasteiger partial charge in [-0.25, -0.2) is 0 Å². The first-order valence-corrected chi connectivity index (χ1v) is 8.52. The van der Waals surface area contributed by atoms with Gasteiger partial charge >= 0.3 is 6.01 Å². The average Bonchev–Trinajstić information content (AvgIpc) is 3.07. The van der Waals surface area contributed by atoms with Crippen LogP contribution in [-0.2, 0) is 0 Å². The third-order valence-electron chi connectivity index (χ3n) is 5.14. The Kier molecular flexibility index (Phi) is 3.94. The van der Waals surface area contributed by atoms with Crippen LogP contribution in [0.3, 0.4) is 0 Å². The highest BCUT2D eigenvalue weighted by atomic mass is 16.4. The van der Waals surface area contributed by atoms with Crippen molar-refractivity contribution in [1.82, 2.24) is 15.1 Å².